The first-order valence-corrected chi connectivity index (χ1v) is 12.2. The lowest BCUT2D eigenvalue weighted by molar-refractivity contribution is -0.321. The molecule has 2 unspecified atom stereocenters. The molecule has 2 aromatic rings. The van der Waals surface area contributed by atoms with E-state index in [1.54, 1.807) is 24.3 Å². The van der Waals surface area contributed by atoms with Crippen molar-refractivity contribution < 1.29 is 41.8 Å². The van der Waals surface area contributed by atoms with Gasteiger partial charge < -0.3 is 25.7 Å². The monoisotopic (exact) mass is 540 g/mol. The number of halogens is 3. The van der Waals surface area contributed by atoms with Crippen LogP contribution in [0.5, 0.6) is 5.75 Å². The Bertz CT molecular complexity index is 1180. The van der Waals surface area contributed by atoms with E-state index in [1.165, 1.54) is 7.11 Å². The van der Waals surface area contributed by atoms with Crippen molar-refractivity contribution in [2.24, 2.45) is 11.8 Å². The van der Waals surface area contributed by atoms with Gasteiger partial charge in [-0.1, -0.05) is 19.9 Å². The first-order chi connectivity index (χ1) is 17.9. The fourth-order valence-electron chi connectivity index (χ4n) is 4.32. The van der Waals surface area contributed by atoms with Crippen LogP contribution in [0.1, 0.15) is 43.6 Å². The summed E-state index contributed by atoms with van der Waals surface area (Å²) in [7, 11) is 1.50. The molecule has 1 fully saturated rings. The van der Waals surface area contributed by atoms with Crippen LogP contribution in [0.3, 0.4) is 0 Å². The fraction of sp³-hybridized carbons (Fsp3) is 0.520. The minimum atomic E-state index is -5.04. The second-order valence-corrected chi connectivity index (χ2v) is 9.53. The number of aromatic amines is 1. The molecule has 1 aliphatic rings. The van der Waals surface area contributed by atoms with Gasteiger partial charge in [-0.3, -0.25) is 23.9 Å². The molecule has 10 nitrogen and oxygen atoms in total. The average molecular weight is 541 g/mol. The van der Waals surface area contributed by atoms with Crippen LogP contribution in [0, 0.1) is 11.8 Å². The Kier molecular flexibility index (Phi) is 9.36. The smallest absolute Gasteiger partial charge is 0.496 e. The number of ether oxygens (including phenoxy) is 2. The molecule has 3 amide bonds. The highest BCUT2D eigenvalue weighted by Gasteiger charge is 2.36. The number of Topliss-reactive ketones (excluding diaryl/α,β-unsaturated/α-hetero) is 1. The van der Waals surface area contributed by atoms with Crippen molar-refractivity contribution in [3.05, 3.63) is 30.0 Å². The Hall–Kier alpha value is -3.61. The molecular formula is C25H31F3N4O6. The predicted octanol–water partition coefficient (Wildman–Crippen LogP) is 2.44. The van der Waals surface area contributed by atoms with Gasteiger partial charge in [-0.15, -0.1) is 13.2 Å². The number of ketones is 1. The SMILES string of the molecule is COc1cccc2[nH]c(C(=O)NC(CC(C)C)C(=O)NC(C[C@@H]3CCNC3=O)C(=O)COC(F)(F)F)cc12. The molecule has 1 saturated heterocycles. The van der Waals surface area contributed by atoms with Crippen molar-refractivity contribution in [2.45, 2.75) is 51.6 Å². The third-order valence-corrected chi connectivity index (χ3v) is 6.18. The molecule has 0 radical (unpaired) electrons. The number of benzene rings is 1. The van der Waals surface area contributed by atoms with Crippen molar-refractivity contribution in [1.82, 2.24) is 20.9 Å². The van der Waals surface area contributed by atoms with Gasteiger partial charge in [0.05, 0.1) is 13.2 Å². The second-order valence-electron chi connectivity index (χ2n) is 9.53. The topological polar surface area (TPSA) is 139 Å². The zero-order valence-corrected chi connectivity index (χ0v) is 21.2. The molecule has 1 aromatic heterocycles. The zero-order chi connectivity index (χ0) is 28.0. The van der Waals surface area contributed by atoms with Crippen LogP contribution in [0.15, 0.2) is 24.3 Å². The summed E-state index contributed by atoms with van der Waals surface area (Å²) in [4.78, 5) is 53.8. The molecule has 1 aliphatic heterocycles. The summed E-state index contributed by atoms with van der Waals surface area (Å²) < 4.78 is 46.5. The Labute approximate surface area is 217 Å². The summed E-state index contributed by atoms with van der Waals surface area (Å²) in [6.45, 7) is 2.69. The van der Waals surface area contributed by atoms with Crippen LogP contribution < -0.4 is 20.7 Å². The minimum absolute atomic E-state index is 0.0582. The molecule has 0 spiro atoms. The van der Waals surface area contributed by atoms with Crippen molar-refractivity contribution in [3.63, 3.8) is 0 Å². The van der Waals surface area contributed by atoms with E-state index in [2.05, 4.69) is 25.7 Å². The Morgan fingerprint density at radius 2 is 1.89 bits per heavy atom. The molecule has 0 bridgehead atoms. The molecule has 0 aliphatic carbocycles. The van der Waals surface area contributed by atoms with Gasteiger partial charge >= 0.3 is 6.36 Å². The largest absolute Gasteiger partial charge is 0.522 e. The lowest BCUT2D eigenvalue weighted by atomic mass is 9.95. The number of carbonyl (C=O) groups is 4. The lowest BCUT2D eigenvalue weighted by Gasteiger charge is -2.25. The van der Waals surface area contributed by atoms with E-state index in [-0.39, 0.29) is 30.4 Å². The van der Waals surface area contributed by atoms with Gasteiger partial charge in [0.15, 0.2) is 5.78 Å². The van der Waals surface area contributed by atoms with Crippen LogP contribution >= 0.6 is 0 Å². The van der Waals surface area contributed by atoms with Crippen molar-refractivity contribution in [1.29, 1.82) is 0 Å². The maximum Gasteiger partial charge on any atom is 0.522 e. The summed E-state index contributed by atoms with van der Waals surface area (Å²) in [5.74, 6) is -2.91. The first kappa shape index (κ1) is 29.0. The van der Waals surface area contributed by atoms with E-state index >= 15 is 0 Å². The summed E-state index contributed by atoms with van der Waals surface area (Å²) in [6.07, 6.45) is -4.67. The van der Waals surface area contributed by atoms with Crippen LogP contribution in [0.25, 0.3) is 10.9 Å². The summed E-state index contributed by atoms with van der Waals surface area (Å²) >= 11 is 0. The highest BCUT2D eigenvalue weighted by Crippen LogP contribution is 2.26. The van der Waals surface area contributed by atoms with Crippen molar-refractivity contribution in [2.75, 3.05) is 20.3 Å². The summed E-state index contributed by atoms with van der Waals surface area (Å²) in [5.41, 5.74) is 0.810. The number of carbonyl (C=O) groups excluding carboxylic acids is 4. The molecule has 13 heteroatoms. The molecule has 4 N–H and O–H groups in total. The van der Waals surface area contributed by atoms with Crippen LogP contribution in [0.2, 0.25) is 0 Å². The van der Waals surface area contributed by atoms with Gasteiger partial charge in [0.2, 0.25) is 11.8 Å². The maximum absolute atomic E-state index is 13.2. The van der Waals surface area contributed by atoms with Crippen molar-refractivity contribution >= 4 is 34.4 Å². The molecule has 3 atom stereocenters. The lowest BCUT2D eigenvalue weighted by Crippen LogP contribution is -2.53. The third-order valence-electron chi connectivity index (χ3n) is 6.18. The van der Waals surface area contributed by atoms with Gasteiger partial charge in [0, 0.05) is 23.4 Å². The third kappa shape index (κ3) is 7.70. The van der Waals surface area contributed by atoms with Gasteiger partial charge in [0.25, 0.3) is 5.91 Å². The average Bonchev–Trinajstić information content (AvgIpc) is 3.46. The van der Waals surface area contributed by atoms with Crippen LogP contribution in [0.4, 0.5) is 13.2 Å². The molecule has 208 valence electrons. The maximum atomic E-state index is 13.2. The quantitative estimate of drug-likeness (QED) is 0.326. The van der Waals surface area contributed by atoms with E-state index < -0.39 is 48.6 Å². The van der Waals surface area contributed by atoms with Crippen LogP contribution in [-0.4, -0.2) is 67.2 Å². The number of H-pyrrole nitrogens is 1. The predicted molar refractivity (Wildman–Crippen MR) is 130 cm³/mol. The normalized spacial score (nSPS) is 17.2. The minimum Gasteiger partial charge on any atom is -0.496 e. The Balaban J connectivity index is 1.77. The number of amides is 3. The van der Waals surface area contributed by atoms with E-state index in [9.17, 15) is 32.3 Å². The molecule has 1 aromatic carbocycles. The Morgan fingerprint density at radius 3 is 2.50 bits per heavy atom. The summed E-state index contributed by atoms with van der Waals surface area (Å²) in [6, 6.07) is 4.30. The number of fused-ring (bicyclic) bond motifs is 1. The van der Waals surface area contributed by atoms with E-state index in [0.29, 0.717) is 29.6 Å². The number of nitrogens with one attached hydrogen (secondary N) is 4. The number of hydrogen-bond donors (Lipinski definition) is 4. The van der Waals surface area contributed by atoms with Gasteiger partial charge in [-0.25, -0.2) is 0 Å². The fourth-order valence-corrected chi connectivity index (χ4v) is 4.32. The van der Waals surface area contributed by atoms with Gasteiger partial charge in [0.1, 0.15) is 24.1 Å². The van der Waals surface area contributed by atoms with E-state index in [1.807, 2.05) is 13.8 Å². The van der Waals surface area contributed by atoms with Gasteiger partial charge in [-0.2, -0.15) is 0 Å². The highest BCUT2D eigenvalue weighted by atomic mass is 19.4. The molecule has 2 heterocycles. The molecule has 0 saturated carbocycles. The number of alkyl halides is 3. The molecule has 3 rings (SSSR count). The standard InChI is InChI=1S/C25H31F3N4O6/c1-13(2)9-18(32-24(36)19-11-15-16(30-19)5-4-6-21(15)37-3)23(35)31-17(10-14-7-8-29-22(14)34)20(33)12-38-25(26,27)28/h4-6,11,13-14,17-18,30H,7-10,12H2,1-3H3,(H,29,34)(H,31,35)(H,32,36)/t14-,17?,18?/m0/s1. The number of hydrogen-bond acceptors (Lipinski definition) is 6. The second kappa shape index (κ2) is 12.3. The molecular weight excluding hydrogens is 509 g/mol. The van der Waals surface area contributed by atoms with Crippen molar-refractivity contribution in [3.8, 4) is 5.75 Å². The van der Waals surface area contributed by atoms with Crippen LogP contribution in [-0.2, 0) is 19.1 Å². The summed E-state index contributed by atoms with van der Waals surface area (Å²) in [5, 5.41) is 8.34. The first-order valence-electron chi connectivity index (χ1n) is 12.2. The highest BCUT2D eigenvalue weighted by molar-refractivity contribution is 6.02. The Morgan fingerprint density at radius 1 is 1.16 bits per heavy atom. The zero-order valence-electron chi connectivity index (χ0n) is 21.2. The van der Waals surface area contributed by atoms with Gasteiger partial charge in [-0.05, 0) is 43.4 Å². The number of methoxy groups -OCH3 is 1. The number of aromatic nitrogens is 1. The van der Waals surface area contributed by atoms with E-state index in [0.717, 1.165) is 0 Å². The molecule has 38 heavy (non-hydrogen) atoms. The number of rotatable bonds is 12. The van der Waals surface area contributed by atoms with E-state index in [4.69, 9.17) is 4.74 Å².